The van der Waals surface area contributed by atoms with Gasteiger partial charge in [-0.3, -0.25) is 9.59 Å². The SMILES string of the molecule is CCCCCCCNC(=O)c1ccc(Sc2ccc(Cl)cc2)c(NC(C)=O)c1. The number of carbonyl (C=O) groups excluding carboxylic acids is 2. The summed E-state index contributed by atoms with van der Waals surface area (Å²) in [4.78, 5) is 25.9. The van der Waals surface area contributed by atoms with Crippen molar-refractivity contribution >= 4 is 40.9 Å². The van der Waals surface area contributed by atoms with E-state index >= 15 is 0 Å². The second-order valence-electron chi connectivity index (χ2n) is 6.62. The van der Waals surface area contributed by atoms with Crippen molar-refractivity contribution in [2.45, 2.75) is 55.7 Å². The Labute approximate surface area is 176 Å². The lowest BCUT2D eigenvalue weighted by Gasteiger charge is -2.12. The van der Waals surface area contributed by atoms with Crippen LogP contribution in [-0.4, -0.2) is 18.4 Å². The van der Waals surface area contributed by atoms with Gasteiger partial charge in [-0.25, -0.2) is 0 Å². The Balaban J connectivity index is 2.04. The zero-order valence-electron chi connectivity index (χ0n) is 16.4. The van der Waals surface area contributed by atoms with Crippen molar-refractivity contribution in [1.82, 2.24) is 5.32 Å². The first-order valence-electron chi connectivity index (χ1n) is 9.63. The van der Waals surface area contributed by atoms with E-state index in [0.29, 0.717) is 22.8 Å². The molecule has 0 saturated heterocycles. The van der Waals surface area contributed by atoms with Gasteiger partial charge in [0.05, 0.1) is 5.69 Å². The molecule has 6 heteroatoms. The molecule has 0 radical (unpaired) electrons. The van der Waals surface area contributed by atoms with E-state index in [2.05, 4.69) is 17.6 Å². The summed E-state index contributed by atoms with van der Waals surface area (Å²) in [7, 11) is 0. The fourth-order valence-corrected chi connectivity index (χ4v) is 3.72. The lowest BCUT2D eigenvalue weighted by molar-refractivity contribution is -0.114. The minimum Gasteiger partial charge on any atom is -0.352 e. The van der Waals surface area contributed by atoms with Crippen LogP contribution in [0.4, 0.5) is 5.69 Å². The summed E-state index contributed by atoms with van der Waals surface area (Å²) >= 11 is 7.45. The van der Waals surface area contributed by atoms with Crippen LogP contribution in [0, 0.1) is 0 Å². The molecule has 0 fully saturated rings. The third-order valence-electron chi connectivity index (χ3n) is 4.16. The van der Waals surface area contributed by atoms with Crippen LogP contribution in [-0.2, 0) is 4.79 Å². The van der Waals surface area contributed by atoms with Crippen molar-refractivity contribution in [2.75, 3.05) is 11.9 Å². The van der Waals surface area contributed by atoms with Gasteiger partial charge < -0.3 is 10.6 Å². The number of anilines is 1. The molecule has 0 aliphatic heterocycles. The molecule has 2 rings (SSSR count). The maximum absolute atomic E-state index is 12.4. The molecular formula is C22H27ClN2O2S. The number of benzene rings is 2. The van der Waals surface area contributed by atoms with Gasteiger partial charge in [0.15, 0.2) is 0 Å². The van der Waals surface area contributed by atoms with E-state index in [1.165, 1.54) is 37.9 Å². The van der Waals surface area contributed by atoms with Crippen LogP contribution in [0.3, 0.4) is 0 Å². The first-order valence-corrected chi connectivity index (χ1v) is 10.8. The molecule has 0 atom stereocenters. The van der Waals surface area contributed by atoms with E-state index in [4.69, 9.17) is 11.6 Å². The summed E-state index contributed by atoms with van der Waals surface area (Å²) in [5.41, 5.74) is 1.17. The van der Waals surface area contributed by atoms with Gasteiger partial charge in [0, 0.05) is 33.8 Å². The summed E-state index contributed by atoms with van der Waals surface area (Å²) in [6.07, 6.45) is 5.76. The van der Waals surface area contributed by atoms with Gasteiger partial charge in [0.25, 0.3) is 5.91 Å². The topological polar surface area (TPSA) is 58.2 Å². The van der Waals surface area contributed by atoms with Crippen molar-refractivity contribution in [2.24, 2.45) is 0 Å². The Morgan fingerprint density at radius 3 is 2.39 bits per heavy atom. The maximum atomic E-state index is 12.4. The summed E-state index contributed by atoms with van der Waals surface area (Å²) in [5.74, 6) is -0.295. The third kappa shape index (κ3) is 7.56. The average Bonchev–Trinajstić information content (AvgIpc) is 2.67. The van der Waals surface area contributed by atoms with Crippen LogP contribution in [0.1, 0.15) is 56.3 Å². The van der Waals surface area contributed by atoms with E-state index in [1.54, 1.807) is 12.1 Å². The molecular weight excluding hydrogens is 392 g/mol. The van der Waals surface area contributed by atoms with E-state index in [0.717, 1.165) is 22.6 Å². The van der Waals surface area contributed by atoms with Crippen LogP contribution in [0.25, 0.3) is 0 Å². The quantitative estimate of drug-likeness (QED) is 0.455. The van der Waals surface area contributed by atoms with E-state index in [9.17, 15) is 9.59 Å². The van der Waals surface area contributed by atoms with Crippen molar-refractivity contribution in [3.05, 3.63) is 53.1 Å². The highest BCUT2D eigenvalue weighted by Crippen LogP contribution is 2.34. The Morgan fingerprint density at radius 1 is 1.00 bits per heavy atom. The molecule has 4 nitrogen and oxygen atoms in total. The molecule has 0 saturated carbocycles. The average molecular weight is 419 g/mol. The van der Waals surface area contributed by atoms with E-state index in [1.807, 2.05) is 30.3 Å². The monoisotopic (exact) mass is 418 g/mol. The molecule has 0 spiro atoms. The molecule has 0 unspecified atom stereocenters. The summed E-state index contributed by atoms with van der Waals surface area (Å²) in [5, 5.41) is 6.46. The molecule has 28 heavy (non-hydrogen) atoms. The normalized spacial score (nSPS) is 10.5. The summed E-state index contributed by atoms with van der Waals surface area (Å²) in [6, 6.07) is 12.9. The van der Waals surface area contributed by atoms with Gasteiger partial charge in [-0.1, -0.05) is 56.0 Å². The highest BCUT2D eigenvalue weighted by Gasteiger charge is 2.12. The number of hydrogen-bond donors (Lipinski definition) is 2. The molecule has 0 aromatic heterocycles. The Morgan fingerprint density at radius 2 is 1.71 bits per heavy atom. The maximum Gasteiger partial charge on any atom is 0.251 e. The molecule has 2 amide bonds. The Kier molecular flexibility index (Phi) is 9.38. The smallest absolute Gasteiger partial charge is 0.251 e. The van der Waals surface area contributed by atoms with Crippen molar-refractivity contribution in [3.63, 3.8) is 0 Å². The minimum atomic E-state index is -0.175. The summed E-state index contributed by atoms with van der Waals surface area (Å²) in [6.45, 7) is 4.31. The first kappa shape index (κ1) is 22.3. The van der Waals surface area contributed by atoms with Crippen molar-refractivity contribution < 1.29 is 9.59 Å². The molecule has 2 N–H and O–H groups in total. The van der Waals surface area contributed by atoms with Crippen LogP contribution in [0.5, 0.6) is 0 Å². The number of hydrogen-bond acceptors (Lipinski definition) is 3. The highest BCUT2D eigenvalue weighted by atomic mass is 35.5. The Bertz CT molecular complexity index is 794. The lowest BCUT2D eigenvalue weighted by atomic mass is 10.1. The zero-order valence-corrected chi connectivity index (χ0v) is 18.0. The number of carbonyl (C=O) groups is 2. The third-order valence-corrected chi connectivity index (χ3v) is 5.50. The predicted molar refractivity (Wildman–Crippen MR) is 117 cm³/mol. The number of halogens is 1. The van der Waals surface area contributed by atoms with Gasteiger partial charge in [0.1, 0.15) is 0 Å². The van der Waals surface area contributed by atoms with Crippen molar-refractivity contribution in [3.8, 4) is 0 Å². The molecule has 0 bridgehead atoms. The fourth-order valence-electron chi connectivity index (χ4n) is 2.71. The zero-order chi connectivity index (χ0) is 20.4. The predicted octanol–water partition coefficient (Wildman–Crippen LogP) is 6.15. The first-order chi connectivity index (χ1) is 13.5. The molecule has 150 valence electrons. The van der Waals surface area contributed by atoms with Gasteiger partial charge in [-0.15, -0.1) is 0 Å². The summed E-state index contributed by atoms with van der Waals surface area (Å²) < 4.78 is 0. The molecule has 0 aliphatic rings. The van der Waals surface area contributed by atoms with Gasteiger partial charge in [0.2, 0.25) is 5.91 Å². The molecule has 0 heterocycles. The Hall–Kier alpha value is -1.98. The largest absolute Gasteiger partial charge is 0.352 e. The van der Waals surface area contributed by atoms with Crippen LogP contribution in [0.15, 0.2) is 52.3 Å². The number of unbranched alkanes of at least 4 members (excludes halogenated alkanes) is 4. The lowest BCUT2D eigenvalue weighted by Crippen LogP contribution is -2.24. The molecule has 0 aliphatic carbocycles. The van der Waals surface area contributed by atoms with Crippen LogP contribution in [0.2, 0.25) is 5.02 Å². The van der Waals surface area contributed by atoms with Crippen LogP contribution < -0.4 is 10.6 Å². The minimum absolute atomic E-state index is 0.120. The van der Waals surface area contributed by atoms with E-state index < -0.39 is 0 Å². The number of rotatable bonds is 10. The second-order valence-corrected chi connectivity index (χ2v) is 8.17. The van der Waals surface area contributed by atoms with Crippen molar-refractivity contribution in [1.29, 1.82) is 0 Å². The van der Waals surface area contributed by atoms with E-state index in [-0.39, 0.29) is 11.8 Å². The fraction of sp³-hybridized carbons (Fsp3) is 0.364. The van der Waals surface area contributed by atoms with Gasteiger partial charge in [-0.05, 0) is 48.9 Å². The standard InChI is InChI=1S/C22H27ClN2O2S/c1-3-4-5-6-7-14-24-22(27)17-8-13-21(20(15-17)25-16(2)26)28-19-11-9-18(23)10-12-19/h8-13,15H,3-7,14H2,1-2H3,(H,24,27)(H,25,26). The molecule has 2 aromatic rings. The number of amides is 2. The van der Waals surface area contributed by atoms with Gasteiger partial charge in [-0.2, -0.15) is 0 Å². The highest BCUT2D eigenvalue weighted by molar-refractivity contribution is 7.99. The van der Waals surface area contributed by atoms with Crippen LogP contribution >= 0.6 is 23.4 Å². The second kappa shape index (κ2) is 11.8. The number of nitrogens with one attached hydrogen (secondary N) is 2. The molecule has 2 aromatic carbocycles. The van der Waals surface area contributed by atoms with Gasteiger partial charge >= 0.3 is 0 Å².